The van der Waals surface area contributed by atoms with Crippen LogP contribution in [0.3, 0.4) is 0 Å². The molecule has 1 aliphatic rings. The number of aliphatic hydroxyl groups is 1. The maximum atomic E-state index is 14.0. The van der Waals surface area contributed by atoms with Gasteiger partial charge in [0, 0.05) is 22.3 Å². The van der Waals surface area contributed by atoms with Crippen molar-refractivity contribution in [3.8, 4) is 5.75 Å². The van der Waals surface area contributed by atoms with Crippen molar-refractivity contribution in [2.24, 2.45) is 0 Å². The molecule has 0 amide bonds. The highest BCUT2D eigenvalue weighted by atomic mass is 19.4. The number of rotatable bonds is 2. The highest BCUT2D eigenvalue weighted by Gasteiger charge is 2.62. The molecular weight excluding hydrogens is 381 g/mol. The van der Waals surface area contributed by atoms with Crippen molar-refractivity contribution in [3.63, 3.8) is 0 Å². The van der Waals surface area contributed by atoms with Crippen LogP contribution in [0.1, 0.15) is 42.1 Å². The second-order valence-electron chi connectivity index (χ2n) is 7.71. The molecule has 0 aliphatic heterocycles. The first kappa shape index (κ1) is 19.5. The molecule has 0 radical (unpaired) electrons. The Morgan fingerprint density at radius 1 is 1.10 bits per heavy atom. The van der Waals surface area contributed by atoms with Gasteiger partial charge in [0.15, 0.2) is 5.60 Å². The Bertz CT molecular complexity index is 1080. The van der Waals surface area contributed by atoms with E-state index in [1.165, 1.54) is 18.2 Å². The van der Waals surface area contributed by atoms with Crippen LogP contribution < -0.4 is 5.32 Å². The molecule has 2 unspecified atom stereocenters. The van der Waals surface area contributed by atoms with Crippen LogP contribution in [0.15, 0.2) is 48.5 Å². The van der Waals surface area contributed by atoms with Gasteiger partial charge < -0.3 is 15.5 Å². The topological polar surface area (TPSA) is 65.4 Å². The molecule has 1 aromatic heterocycles. The molecule has 0 spiro atoms. The van der Waals surface area contributed by atoms with E-state index in [-0.39, 0.29) is 11.3 Å². The van der Waals surface area contributed by atoms with E-state index in [1.54, 1.807) is 37.3 Å². The lowest BCUT2D eigenvalue weighted by molar-refractivity contribution is -0.272. The number of benzene rings is 2. The molecule has 0 saturated heterocycles. The van der Waals surface area contributed by atoms with Crippen LogP contribution in [0.25, 0.3) is 10.9 Å². The van der Waals surface area contributed by atoms with Gasteiger partial charge in [-0.15, -0.1) is 0 Å². The molecule has 3 N–H and O–H groups in total. The lowest BCUT2D eigenvalue weighted by Crippen LogP contribution is -2.55. The number of hydrogen-bond donors (Lipinski definition) is 3. The van der Waals surface area contributed by atoms with Gasteiger partial charge in [0.05, 0.1) is 11.6 Å². The summed E-state index contributed by atoms with van der Waals surface area (Å²) < 4.78 is 42.1. The van der Waals surface area contributed by atoms with Gasteiger partial charge in [0.1, 0.15) is 5.75 Å². The summed E-state index contributed by atoms with van der Waals surface area (Å²) in [7, 11) is 0. The lowest BCUT2D eigenvalue weighted by atomic mass is 9.70. The molecule has 3 atom stereocenters. The zero-order chi connectivity index (χ0) is 21.0. The molecular formula is C22H21F3N2O2. The number of hydrogen-bond acceptors (Lipinski definition) is 4. The standard InChI is InChI=1S/C22H21F3N2O2/c1-12-11-21(29,22(23,24)25)20(15-5-3-8-18(28)19(12)15)27-17-7-4-6-16-14(17)10-9-13(2)26-16/h3-10,12,20,27-29H,11H2,1-2H3/t12?,20?,21-/m1/s1. The van der Waals surface area contributed by atoms with Crippen LogP contribution >= 0.6 is 0 Å². The van der Waals surface area contributed by atoms with Crippen LogP contribution in [-0.4, -0.2) is 27.0 Å². The summed E-state index contributed by atoms with van der Waals surface area (Å²) in [5, 5.41) is 24.7. The van der Waals surface area contributed by atoms with Crippen molar-refractivity contribution in [1.29, 1.82) is 0 Å². The molecule has 0 fully saturated rings. The first-order chi connectivity index (χ1) is 13.6. The van der Waals surface area contributed by atoms with Crippen LogP contribution in [-0.2, 0) is 0 Å². The van der Waals surface area contributed by atoms with Crippen molar-refractivity contribution >= 4 is 16.6 Å². The third kappa shape index (κ3) is 3.09. The van der Waals surface area contributed by atoms with Gasteiger partial charge in [-0.25, -0.2) is 0 Å². The molecule has 1 aliphatic carbocycles. The van der Waals surface area contributed by atoms with Crippen LogP contribution in [0.4, 0.5) is 18.9 Å². The molecule has 4 rings (SSSR count). The summed E-state index contributed by atoms with van der Waals surface area (Å²) in [4.78, 5) is 4.42. The fourth-order valence-electron chi connectivity index (χ4n) is 4.32. The van der Waals surface area contributed by atoms with Crippen LogP contribution in [0.5, 0.6) is 5.75 Å². The first-order valence-electron chi connectivity index (χ1n) is 9.35. The zero-order valence-corrected chi connectivity index (χ0v) is 16.0. The first-order valence-corrected chi connectivity index (χ1v) is 9.35. The molecule has 29 heavy (non-hydrogen) atoms. The number of phenols is 1. The van der Waals surface area contributed by atoms with Gasteiger partial charge >= 0.3 is 6.18 Å². The maximum absolute atomic E-state index is 14.0. The fourth-order valence-corrected chi connectivity index (χ4v) is 4.32. The average Bonchev–Trinajstić information content (AvgIpc) is 2.63. The van der Waals surface area contributed by atoms with E-state index in [2.05, 4.69) is 10.3 Å². The van der Waals surface area contributed by atoms with Gasteiger partial charge in [0.2, 0.25) is 0 Å². The third-order valence-electron chi connectivity index (χ3n) is 5.68. The van der Waals surface area contributed by atoms with Crippen molar-refractivity contribution in [2.75, 3.05) is 5.32 Å². The second-order valence-corrected chi connectivity index (χ2v) is 7.71. The Morgan fingerprint density at radius 2 is 1.83 bits per heavy atom. The summed E-state index contributed by atoms with van der Waals surface area (Å²) in [6.45, 7) is 3.42. The van der Waals surface area contributed by atoms with Crippen molar-refractivity contribution in [2.45, 2.75) is 44.0 Å². The predicted octanol–water partition coefficient (Wildman–Crippen LogP) is 5.20. The molecule has 4 nitrogen and oxygen atoms in total. The highest BCUT2D eigenvalue weighted by molar-refractivity contribution is 5.91. The number of nitrogens with zero attached hydrogens (tertiary/aromatic N) is 1. The van der Waals surface area contributed by atoms with Crippen molar-refractivity contribution in [1.82, 2.24) is 4.98 Å². The number of halogens is 3. The molecule has 1 heterocycles. The van der Waals surface area contributed by atoms with E-state index in [0.29, 0.717) is 22.2 Å². The van der Waals surface area contributed by atoms with E-state index < -0.39 is 30.2 Å². The van der Waals surface area contributed by atoms with Crippen molar-refractivity contribution < 1.29 is 23.4 Å². The summed E-state index contributed by atoms with van der Waals surface area (Å²) >= 11 is 0. The van der Waals surface area contributed by atoms with E-state index in [0.717, 1.165) is 5.69 Å². The Kier molecular flexibility index (Phi) is 4.46. The van der Waals surface area contributed by atoms with Crippen LogP contribution in [0.2, 0.25) is 0 Å². The van der Waals surface area contributed by atoms with Gasteiger partial charge in [-0.3, -0.25) is 4.98 Å². The maximum Gasteiger partial charge on any atom is 0.419 e. The SMILES string of the molecule is Cc1ccc2c(NC3c4cccc(O)c4C(C)C[C@]3(O)C(F)(F)F)cccc2n1. The van der Waals surface area contributed by atoms with E-state index in [4.69, 9.17) is 0 Å². The molecule has 152 valence electrons. The minimum Gasteiger partial charge on any atom is -0.508 e. The van der Waals surface area contributed by atoms with Gasteiger partial charge in [-0.2, -0.15) is 13.2 Å². The monoisotopic (exact) mass is 402 g/mol. The Balaban J connectivity index is 1.90. The number of aromatic nitrogens is 1. The van der Waals surface area contributed by atoms with Crippen LogP contribution in [0, 0.1) is 6.92 Å². The average molecular weight is 402 g/mol. The fraction of sp³-hybridized carbons (Fsp3) is 0.318. The third-order valence-corrected chi connectivity index (χ3v) is 5.68. The smallest absolute Gasteiger partial charge is 0.419 e. The molecule has 0 saturated carbocycles. The van der Waals surface area contributed by atoms with E-state index in [9.17, 15) is 23.4 Å². The number of phenolic OH excluding ortho intramolecular Hbond substituents is 1. The second kappa shape index (κ2) is 6.62. The summed E-state index contributed by atoms with van der Waals surface area (Å²) in [5.41, 5.74) is -0.456. The number of aryl methyl sites for hydroxylation is 1. The number of anilines is 1. The highest BCUT2D eigenvalue weighted by Crippen LogP contribution is 2.54. The number of fused-ring (bicyclic) bond motifs is 2. The number of aromatic hydroxyl groups is 1. The van der Waals surface area contributed by atoms with Gasteiger partial charge in [-0.1, -0.05) is 25.1 Å². The molecule has 0 bridgehead atoms. The minimum absolute atomic E-state index is 0.0683. The molecule has 3 aromatic rings. The number of pyridine rings is 1. The molecule has 7 heteroatoms. The number of nitrogens with one attached hydrogen (secondary N) is 1. The quantitative estimate of drug-likeness (QED) is 0.551. The van der Waals surface area contributed by atoms with Gasteiger partial charge in [-0.05, 0) is 55.2 Å². The predicted molar refractivity (Wildman–Crippen MR) is 105 cm³/mol. The summed E-state index contributed by atoms with van der Waals surface area (Å²) in [6, 6.07) is 11.7. The minimum atomic E-state index is -4.86. The van der Waals surface area contributed by atoms with Gasteiger partial charge in [0.25, 0.3) is 0 Å². The normalized spacial score (nSPS) is 24.3. The van der Waals surface area contributed by atoms with E-state index in [1.807, 2.05) is 6.92 Å². The molecule has 2 aromatic carbocycles. The number of alkyl halides is 3. The summed E-state index contributed by atoms with van der Waals surface area (Å²) in [6.07, 6.45) is -5.41. The van der Waals surface area contributed by atoms with Crippen molar-refractivity contribution in [3.05, 3.63) is 65.4 Å². The largest absolute Gasteiger partial charge is 0.508 e. The van der Waals surface area contributed by atoms with E-state index >= 15 is 0 Å². The zero-order valence-electron chi connectivity index (χ0n) is 16.0. The Labute approximate surface area is 166 Å². The summed E-state index contributed by atoms with van der Waals surface area (Å²) in [5.74, 6) is -0.728. The Morgan fingerprint density at radius 3 is 2.55 bits per heavy atom. The Hall–Kier alpha value is -2.80. The lowest BCUT2D eigenvalue weighted by Gasteiger charge is -2.45.